The van der Waals surface area contributed by atoms with Crippen LogP contribution in [0.25, 0.3) is 0 Å². The Balaban J connectivity index is 2.68. The van der Waals surface area contributed by atoms with Crippen LogP contribution in [0, 0.1) is 11.7 Å². The van der Waals surface area contributed by atoms with Gasteiger partial charge in [0.2, 0.25) is 5.95 Å². The van der Waals surface area contributed by atoms with Crippen LogP contribution in [-0.4, -0.2) is 22.6 Å². The van der Waals surface area contributed by atoms with Gasteiger partial charge in [-0.2, -0.15) is 4.98 Å². The first-order valence-electron chi connectivity index (χ1n) is 6.55. The number of anilines is 2. The molecule has 1 unspecified atom stereocenters. The molecule has 0 spiro atoms. The Morgan fingerprint density at radius 2 is 2.06 bits per heavy atom. The summed E-state index contributed by atoms with van der Waals surface area (Å²) in [7, 11) is 0. The highest BCUT2D eigenvalue weighted by atomic mass is 19.1. The third kappa shape index (κ3) is 4.85. The molecule has 0 aliphatic heterocycles. The van der Waals surface area contributed by atoms with Gasteiger partial charge in [-0.15, -0.1) is 0 Å². The van der Waals surface area contributed by atoms with Gasteiger partial charge in [0.15, 0.2) is 11.6 Å². The van der Waals surface area contributed by atoms with Crippen LogP contribution in [0.15, 0.2) is 6.20 Å². The van der Waals surface area contributed by atoms with Crippen molar-refractivity contribution >= 4 is 11.8 Å². The largest absolute Gasteiger partial charge is 0.365 e. The second-order valence-electron chi connectivity index (χ2n) is 4.99. The fourth-order valence-electron chi connectivity index (χ4n) is 1.79. The van der Waals surface area contributed by atoms with Crippen molar-refractivity contribution < 1.29 is 4.39 Å². The second-order valence-corrected chi connectivity index (χ2v) is 4.99. The van der Waals surface area contributed by atoms with Crippen molar-refractivity contribution in [3.63, 3.8) is 0 Å². The van der Waals surface area contributed by atoms with Gasteiger partial charge in [-0.05, 0) is 25.7 Å². The topological polar surface area (TPSA) is 49.8 Å². The lowest BCUT2D eigenvalue weighted by Crippen LogP contribution is -2.20. The fourth-order valence-corrected chi connectivity index (χ4v) is 1.79. The summed E-state index contributed by atoms with van der Waals surface area (Å²) in [6, 6.07) is 0.188. The summed E-state index contributed by atoms with van der Waals surface area (Å²) in [4.78, 5) is 8.06. The first-order valence-corrected chi connectivity index (χ1v) is 6.55. The van der Waals surface area contributed by atoms with Crippen molar-refractivity contribution in [3.8, 4) is 0 Å². The average molecular weight is 254 g/mol. The molecule has 0 aliphatic carbocycles. The molecule has 18 heavy (non-hydrogen) atoms. The maximum Gasteiger partial charge on any atom is 0.224 e. The quantitative estimate of drug-likeness (QED) is 0.784. The van der Waals surface area contributed by atoms with Crippen molar-refractivity contribution in [2.24, 2.45) is 5.92 Å². The van der Waals surface area contributed by atoms with Gasteiger partial charge >= 0.3 is 0 Å². The predicted molar refractivity (Wildman–Crippen MR) is 73.3 cm³/mol. The Morgan fingerprint density at radius 3 is 2.67 bits per heavy atom. The van der Waals surface area contributed by atoms with E-state index in [0.29, 0.717) is 11.9 Å². The molecule has 0 aliphatic rings. The minimum absolute atomic E-state index is 0.188. The van der Waals surface area contributed by atoms with E-state index < -0.39 is 5.82 Å². The molecule has 4 nitrogen and oxygen atoms in total. The summed E-state index contributed by atoms with van der Waals surface area (Å²) in [6.45, 7) is 9.15. The predicted octanol–water partition coefficient (Wildman–Crippen LogP) is 3.28. The summed E-state index contributed by atoms with van der Waals surface area (Å²) in [6.07, 6.45) is 3.16. The highest BCUT2D eigenvalue weighted by Crippen LogP contribution is 2.15. The number of halogens is 1. The molecule has 0 aromatic carbocycles. The Hall–Kier alpha value is -1.39. The molecule has 1 heterocycles. The number of nitrogens with one attached hydrogen (secondary N) is 2. The Morgan fingerprint density at radius 1 is 1.33 bits per heavy atom. The van der Waals surface area contributed by atoms with E-state index in [1.54, 1.807) is 0 Å². The fraction of sp³-hybridized carbons (Fsp3) is 0.692. The molecule has 1 aromatic rings. The standard InChI is InChI=1S/C13H23FN4/c1-5-6-15-13-16-8-11(14)12(18-13)17-10(4)7-9(2)3/h8-10H,5-7H2,1-4H3,(H2,15,16,17,18). The van der Waals surface area contributed by atoms with Crippen molar-refractivity contribution in [3.05, 3.63) is 12.0 Å². The molecular formula is C13H23FN4. The van der Waals surface area contributed by atoms with Gasteiger partial charge in [0.25, 0.3) is 0 Å². The van der Waals surface area contributed by atoms with E-state index in [1.807, 2.05) is 6.92 Å². The summed E-state index contributed by atoms with van der Waals surface area (Å²) in [5.41, 5.74) is 0. The number of hydrogen-bond acceptors (Lipinski definition) is 4. The number of rotatable bonds is 7. The van der Waals surface area contributed by atoms with Crippen LogP contribution in [0.2, 0.25) is 0 Å². The maximum absolute atomic E-state index is 13.6. The highest BCUT2D eigenvalue weighted by molar-refractivity contribution is 5.41. The molecule has 5 heteroatoms. The minimum atomic E-state index is -0.410. The molecule has 2 N–H and O–H groups in total. The molecule has 1 rings (SSSR count). The monoisotopic (exact) mass is 254 g/mol. The summed E-state index contributed by atoms with van der Waals surface area (Å²) >= 11 is 0. The Labute approximate surface area is 108 Å². The first kappa shape index (κ1) is 14.7. The van der Waals surface area contributed by atoms with E-state index in [0.717, 1.165) is 19.4 Å². The number of nitrogens with zero attached hydrogens (tertiary/aromatic N) is 2. The van der Waals surface area contributed by atoms with Gasteiger partial charge < -0.3 is 10.6 Å². The van der Waals surface area contributed by atoms with Crippen LogP contribution in [0.5, 0.6) is 0 Å². The van der Waals surface area contributed by atoms with Gasteiger partial charge in [0.05, 0.1) is 6.20 Å². The molecule has 102 valence electrons. The third-order valence-corrected chi connectivity index (χ3v) is 2.49. The molecule has 0 bridgehead atoms. The van der Waals surface area contributed by atoms with Gasteiger partial charge in [-0.3, -0.25) is 0 Å². The van der Waals surface area contributed by atoms with Gasteiger partial charge in [0.1, 0.15) is 0 Å². The third-order valence-electron chi connectivity index (χ3n) is 2.49. The lowest BCUT2D eigenvalue weighted by atomic mass is 10.1. The Bertz CT molecular complexity index is 368. The second kappa shape index (κ2) is 7.13. The van der Waals surface area contributed by atoms with Crippen molar-refractivity contribution in [1.29, 1.82) is 0 Å². The molecular weight excluding hydrogens is 231 g/mol. The Kier molecular flexibility index (Phi) is 5.82. The lowest BCUT2D eigenvalue weighted by Gasteiger charge is -2.17. The summed E-state index contributed by atoms with van der Waals surface area (Å²) in [5, 5.41) is 6.14. The number of hydrogen-bond donors (Lipinski definition) is 2. The van der Waals surface area contributed by atoms with E-state index >= 15 is 0 Å². The van der Waals surface area contributed by atoms with Crippen LogP contribution in [0.1, 0.15) is 40.5 Å². The maximum atomic E-state index is 13.6. The van der Waals surface area contributed by atoms with Crippen LogP contribution < -0.4 is 10.6 Å². The molecule has 0 saturated carbocycles. The van der Waals surface area contributed by atoms with E-state index in [2.05, 4.69) is 41.4 Å². The van der Waals surface area contributed by atoms with Crippen molar-refractivity contribution in [1.82, 2.24) is 9.97 Å². The smallest absolute Gasteiger partial charge is 0.224 e. The molecule has 1 atom stereocenters. The zero-order valence-corrected chi connectivity index (χ0v) is 11.6. The van der Waals surface area contributed by atoms with E-state index in [9.17, 15) is 4.39 Å². The van der Waals surface area contributed by atoms with E-state index in [-0.39, 0.29) is 11.9 Å². The average Bonchev–Trinajstić information content (AvgIpc) is 2.29. The SMILES string of the molecule is CCCNc1ncc(F)c(NC(C)CC(C)C)n1. The number of aromatic nitrogens is 2. The van der Waals surface area contributed by atoms with Crippen molar-refractivity contribution in [2.75, 3.05) is 17.2 Å². The van der Waals surface area contributed by atoms with Crippen LogP contribution in [-0.2, 0) is 0 Å². The molecule has 1 aromatic heterocycles. The van der Waals surface area contributed by atoms with Crippen LogP contribution >= 0.6 is 0 Å². The van der Waals surface area contributed by atoms with E-state index in [1.165, 1.54) is 6.20 Å². The molecule has 0 radical (unpaired) electrons. The lowest BCUT2D eigenvalue weighted by molar-refractivity contribution is 0.533. The summed E-state index contributed by atoms with van der Waals surface area (Å²) < 4.78 is 13.6. The molecule has 0 amide bonds. The normalized spacial score (nSPS) is 12.6. The van der Waals surface area contributed by atoms with Crippen LogP contribution in [0.4, 0.5) is 16.2 Å². The zero-order valence-electron chi connectivity index (χ0n) is 11.6. The van der Waals surface area contributed by atoms with Gasteiger partial charge in [-0.1, -0.05) is 20.8 Å². The van der Waals surface area contributed by atoms with Gasteiger partial charge in [0, 0.05) is 12.6 Å². The van der Waals surface area contributed by atoms with Crippen molar-refractivity contribution in [2.45, 2.75) is 46.6 Å². The minimum Gasteiger partial charge on any atom is -0.365 e. The van der Waals surface area contributed by atoms with Gasteiger partial charge in [-0.25, -0.2) is 9.37 Å². The zero-order chi connectivity index (χ0) is 13.5. The van der Waals surface area contributed by atoms with E-state index in [4.69, 9.17) is 0 Å². The summed E-state index contributed by atoms with van der Waals surface area (Å²) in [5.74, 6) is 0.900. The first-order chi connectivity index (χ1) is 8.52. The molecule has 0 saturated heterocycles. The molecule has 0 fully saturated rings. The highest BCUT2D eigenvalue weighted by Gasteiger charge is 2.11. The van der Waals surface area contributed by atoms with Crippen LogP contribution in [0.3, 0.4) is 0 Å².